The molecule has 3 aromatic rings. The van der Waals surface area contributed by atoms with Gasteiger partial charge in [-0.15, -0.1) is 0 Å². The molecule has 9 nitrogen and oxygen atoms in total. The fourth-order valence-corrected chi connectivity index (χ4v) is 5.14. The van der Waals surface area contributed by atoms with Crippen molar-refractivity contribution >= 4 is 5.91 Å². The van der Waals surface area contributed by atoms with E-state index in [1.807, 2.05) is 43.4 Å². The third-order valence-electron chi connectivity index (χ3n) is 6.93. The average Bonchev–Trinajstić information content (AvgIpc) is 3.40. The van der Waals surface area contributed by atoms with Crippen LogP contribution in [0.5, 0.6) is 11.5 Å². The fraction of sp³-hybridized carbons (Fsp3) is 0.480. The lowest BCUT2D eigenvalue weighted by Crippen LogP contribution is -2.55. The lowest BCUT2D eigenvalue weighted by Gasteiger charge is -2.41. The summed E-state index contributed by atoms with van der Waals surface area (Å²) in [6.07, 6.45) is 5.02. The number of benzene rings is 1. The maximum Gasteiger partial charge on any atom is 0.274 e. The van der Waals surface area contributed by atoms with Gasteiger partial charge in [-0.3, -0.25) is 9.36 Å². The summed E-state index contributed by atoms with van der Waals surface area (Å²) in [5.74, 6) is 2.14. The maximum atomic E-state index is 13.9. The SMILES string of the molecule is CC1COc2cc3c(cc2O1)-n1c(-c2cncn2C)nc(C(=O)N2CCOCC2(C)C)c1CC3. The molecule has 34 heavy (non-hydrogen) atoms. The van der Waals surface area contributed by atoms with Gasteiger partial charge < -0.3 is 23.7 Å². The molecule has 0 spiro atoms. The number of ether oxygens (including phenoxy) is 3. The smallest absolute Gasteiger partial charge is 0.274 e. The zero-order valence-electron chi connectivity index (χ0n) is 20.0. The fourth-order valence-electron chi connectivity index (χ4n) is 5.14. The molecular formula is C25H29N5O4. The van der Waals surface area contributed by atoms with Crippen molar-refractivity contribution in [3.8, 4) is 28.7 Å². The Labute approximate surface area is 198 Å². The van der Waals surface area contributed by atoms with Crippen molar-refractivity contribution in [1.29, 1.82) is 0 Å². The van der Waals surface area contributed by atoms with Gasteiger partial charge in [-0.2, -0.15) is 0 Å². The van der Waals surface area contributed by atoms with Crippen LogP contribution in [0.1, 0.15) is 42.5 Å². The van der Waals surface area contributed by atoms with Crippen LogP contribution < -0.4 is 9.47 Å². The third kappa shape index (κ3) is 3.21. The number of hydrogen-bond donors (Lipinski definition) is 0. The summed E-state index contributed by atoms with van der Waals surface area (Å²) in [6.45, 7) is 8.19. The first kappa shape index (κ1) is 21.2. The molecule has 2 aromatic heterocycles. The van der Waals surface area contributed by atoms with Crippen molar-refractivity contribution in [2.45, 2.75) is 45.3 Å². The van der Waals surface area contributed by atoms with Gasteiger partial charge in [0.25, 0.3) is 5.91 Å². The molecule has 1 saturated heterocycles. The molecule has 0 bridgehead atoms. The van der Waals surface area contributed by atoms with E-state index >= 15 is 0 Å². The Bertz CT molecular complexity index is 1290. The van der Waals surface area contributed by atoms with E-state index in [1.54, 1.807) is 12.5 Å². The summed E-state index contributed by atoms with van der Waals surface area (Å²) in [6, 6.07) is 4.09. The van der Waals surface area contributed by atoms with Crippen LogP contribution in [-0.2, 0) is 24.6 Å². The van der Waals surface area contributed by atoms with Crippen molar-refractivity contribution in [3.63, 3.8) is 0 Å². The van der Waals surface area contributed by atoms with E-state index in [2.05, 4.69) is 15.6 Å². The second kappa shape index (κ2) is 7.59. The van der Waals surface area contributed by atoms with E-state index < -0.39 is 5.54 Å². The first-order chi connectivity index (χ1) is 16.3. The summed E-state index contributed by atoms with van der Waals surface area (Å²) in [4.78, 5) is 25.0. The number of hydrogen-bond acceptors (Lipinski definition) is 6. The number of morpholine rings is 1. The van der Waals surface area contributed by atoms with Crippen LogP contribution in [0.4, 0.5) is 0 Å². The number of nitrogens with zero attached hydrogens (tertiary/aromatic N) is 5. The summed E-state index contributed by atoms with van der Waals surface area (Å²) in [5, 5.41) is 0. The summed E-state index contributed by atoms with van der Waals surface area (Å²) in [5.41, 5.74) is 3.99. The number of imidazole rings is 2. The topological polar surface area (TPSA) is 83.6 Å². The van der Waals surface area contributed by atoms with Crippen LogP contribution >= 0.6 is 0 Å². The molecule has 0 aliphatic carbocycles. The van der Waals surface area contributed by atoms with Gasteiger partial charge in [-0.25, -0.2) is 9.97 Å². The van der Waals surface area contributed by atoms with Gasteiger partial charge >= 0.3 is 0 Å². The Hall–Kier alpha value is -3.33. The molecule has 0 N–H and O–H groups in total. The Morgan fingerprint density at radius 3 is 2.82 bits per heavy atom. The van der Waals surface area contributed by atoms with Crippen LogP contribution in [0, 0.1) is 0 Å². The van der Waals surface area contributed by atoms with Crippen LogP contribution in [0.15, 0.2) is 24.7 Å². The summed E-state index contributed by atoms with van der Waals surface area (Å²) >= 11 is 0. The lowest BCUT2D eigenvalue weighted by atomic mass is 9.98. The van der Waals surface area contributed by atoms with E-state index in [1.165, 1.54) is 0 Å². The zero-order valence-corrected chi connectivity index (χ0v) is 20.0. The standard InChI is InChI=1S/C25H29N5O4/c1-15-12-33-20-9-16-5-6-17-22(24(31)29-7-8-32-13-25(29,2)3)27-23(19-11-26-14-28(19)4)30(17)18(16)10-21(20)34-15/h9-11,14-15H,5-8,12-13H2,1-4H3. The van der Waals surface area contributed by atoms with Crippen LogP contribution in [0.25, 0.3) is 17.2 Å². The van der Waals surface area contributed by atoms with Gasteiger partial charge in [-0.05, 0) is 45.2 Å². The van der Waals surface area contributed by atoms with Gasteiger partial charge in [0.1, 0.15) is 18.4 Å². The normalized spacial score (nSPS) is 20.6. The van der Waals surface area contributed by atoms with E-state index in [-0.39, 0.29) is 12.0 Å². The predicted octanol–water partition coefficient (Wildman–Crippen LogP) is 2.78. The van der Waals surface area contributed by atoms with Crippen LogP contribution in [0.3, 0.4) is 0 Å². The Kier molecular flexibility index (Phi) is 4.74. The molecule has 6 rings (SSSR count). The number of carbonyl (C=O) groups excluding carboxylic acids is 1. The monoisotopic (exact) mass is 463 g/mol. The van der Waals surface area contributed by atoms with Gasteiger partial charge in [0.2, 0.25) is 0 Å². The lowest BCUT2D eigenvalue weighted by molar-refractivity contribution is -0.0373. The molecule has 0 radical (unpaired) electrons. The second-order valence-electron chi connectivity index (χ2n) is 9.94. The van der Waals surface area contributed by atoms with Gasteiger partial charge in [-0.1, -0.05) is 0 Å². The molecular weight excluding hydrogens is 434 g/mol. The maximum absolute atomic E-state index is 13.9. The number of aromatic nitrogens is 4. The molecule has 1 atom stereocenters. The molecule has 1 fully saturated rings. The Morgan fingerprint density at radius 2 is 2.06 bits per heavy atom. The summed E-state index contributed by atoms with van der Waals surface area (Å²) in [7, 11) is 1.94. The van der Waals surface area contributed by atoms with Crippen molar-refractivity contribution in [1.82, 2.24) is 24.0 Å². The first-order valence-corrected chi connectivity index (χ1v) is 11.8. The van der Waals surface area contributed by atoms with Gasteiger partial charge in [0.05, 0.1) is 42.7 Å². The van der Waals surface area contributed by atoms with Crippen LogP contribution in [-0.4, -0.2) is 67.9 Å². The van der Waals surface area contributed by atoms with E-state index in [9.17, 15) is 4.79 Å². The highest BCUT2D eigenvalue weighted by atomic mass is 16.6. The molecule has 3 aliphatic heterocycles. The highest BCUT2D eigenvalue weighted by Crippen LogP contribution is 2.41. The number of fused-ring (bicyclic) bond motifs is 4. The number of rotatable bonds is 2. The molecule has 178 valence electrons. The Balaban J connectivity index is 1.54. The number of aryl methyl sites for hydroxylation is 2. The second-order valence-corrected chi connectivity index (χ2v) is 9.94. The molecule has 5 heterocycles. The number of carbonyl (C=O) groups is 1. The molecule has 1 unspecified atom stereocenters. The van der Waals surface area contributed by atoms with E-state index in [4.69, 9.17) is 19.2 Å². The molecule has 1 aromatic carbocycles. The van der Waals surface area contributed by atoms with Gasteiger partial charge in [0.15, 0.2) is 23.0 Å². The van der Waals surface area contributed by atoms with Gasteiger partial charge in [0, 0.05) is 19.7 Å². The van der Waals surface area contributed by atoms with E-state index in [0.717, 1.165) is 40.6 Å². The van der Waals surface area contributed by atoms with Crippen molar-refractivity contribution in [2.75, 3.05) is 26.4 Å². The number of amides is 1. The average molecular weight is 464 g/mol. The van der Waals surface area contributed by atoms with Crippen molar-refractivity contribution in [3.05, 3.63) is 41.6 Å². The van der Waals surface area contributed by atoms with Crippen molar-refractivity contribution < 1.29 is 19.0 Å². The zero-order chi connectivity index (χ0) is 23.6. The molecule has 1 amide bonds. The molecule has 0 saturated carbocycles. The quantitative estimate of drug-likeness (QED) is 0.581. The molecule has 9 heteroatoms. The predicted molar refractivity (Wildman–Crippen MR) is 125 cm³/mol. The minimum Gasteiger partial charge on any atom is -0.486 e. The highest BCUT2D eigenvalue weighted by molar-refractivity contribution is 5.95. The van der Waals surface area contributed by atoms with E-state index in [0.29, 0.717) is 44.3 Å². The minimum atomic E-state index is -0.397. The minimum absolute atomic E-state index is 0.0198. The van der Waals surface area contributed by atoms with Crippen LogP contribution in [0.2, 0.25) is 0 Å². The first-order valence-electron chi connectivity index (χ1n) is 11.8. The summed E-state index contributed by atoms with van der Waals surface area (Å²) < 4.78 is 21.7. The largest absolute Gasteiger partial charge is 0.486 e. The molecule has 3 aliphatic rings. The Morgan fingerprint density at radius 1 is 1.21 bits per heavy atom. The third-order valence-corrected chi connectivity index (χ3v) is 6.93. The van der Waals surface area contributed by atoms with Crippen molar-refractivity contribution in [2.24, 2.45) is 7.05 Å². The highest BCUT2D eigenvalue weighted by Gasteiger charge is 2.39.